The second-order valence-corrected chi connectivity index (χ2v) is 7.29. The van der Waals surface area contributed by atoms with Crippen molar-refractivity contribution in [2.45, 2.75) is 19.8 Å². The Morgan fingerprint density at radius 3 is 2.83 bits per heavy atom. The van der Waals surface area contributed by atoms with Crippen LogP contribution in [0.5, 0.6) is 0 Å². The molecule has 2 aliphatic heterocycles. The zero-order valence-electron chi connectivity index (χ0n) is 13.3. The number of nitrogens with two attached hydrogens (primary N) is 1. The van der Waals surface area contributed by atoms with Gasteiger partial charge in [0.25, 0.3) is 0 Å². The zero-order valence-corrected chi connectivity index (χ0v) is 14.1. The van der Waals surface area contributed by atoms with Crippen LogP contribution in [0.1, 0.15) is 19.8 Å². The molecular weight excluding hydrogens is 314 g/mol. The Balaban J connectivity index is 1.71. The largest absolute Gasteiger partial charge is 0.342 e. The molecule has 5 nitrogen and oxygen atoms in total. The molecule has 2 fully saturated rings. The average molecular weight is 336 g/mol. The number of rotatable bonds is 3. The lowest BCUT2D eigenvalue weighted by Crippen LogP contribution is -2.38. The van der Waals surface area contributed by atoms with Gasteiger partial charge in [0.05, 0.1) is 16.6 Å². The second kappa shape index (κ2) is 6.13. The summed E-state index contributed by atoms with van der Waals surface area (Å²) in [6.07, 6.45) is 1.17. The minimum atomic E-state index is -0.293. The van der Waals surface area contributed by atoms with Gasteiger partial charge in [-0.25, -0.2) is 0 Å². The van der Waals surface area contributed by atoms with Crippen molar-refractivity contribution < 1.29 is 9.59 Å². The number of hydrogen-bond acceptors (Lipinski definition) is 3. The fourth-order valence-corrected chi connectivity index (χ4v) is 3.65. The molecule has 2 aliphatic rings. The topological polar surface area (TPSA) is 66.6 Å². The number of nitrogens with zero attached hydrogens (tertiary/aromatic N) is 2. The maximum atomic E-state index is 12.7. The van der Waals surface area contributed by atoms with Crippen LogP contribution in [-0.4, -0.2) is 42.9 Å². The first-order chi connectivity index (χ1) is 10.9. The molecule has 0 saturated carbocycles. The first-order valence-corrected chi connectivity index (χ1v) is 8.35. The fourth-order valence-electron chi connectivity index (χ4n) is 3.41. The standard InChI is InChI=1S/C17H22ClN3O2/c1-17(10-19)6-7-20(11-17)16(23)12-8-15(22)21(9-12)14-5-3-2-4-13(14)18/h2-5,12H,6-11,19H2,1H3. The first kappa shape index (κ1) is 16.3. The highest BCUT2D eigenvalue weighted by atomic mass is 35.5. The fraction of sp³-hybridized carbons (Fsp3) is 0.529. The molecule has 6 heteroatoms. The van der Waals surface area contributed by atoms with E-state index in [0.717, 1.165) is 13.0 Å². The molecule has 2 unspecified atom stereocenters. The molecule has 2 heterocycles. The Kier molecular flexibility index (Phi) is 4.34. The van der Waals surface area contributed by atoms with Crippen molar-refractivity contribution >= 4 is 29.1 Å². The van der Waals surface area contributed by atoms with Gasteiger partial charge in [0.15, 0.2) is 0 Å². The molecule has 2 atom stereocenters. The van der Waals surface area contributed by atoms with Gasteiger partial charge in [0, 0.05) is 26.1 Å². The van der Waals surface area contributed by atoms with Gasteiger partial charge in [-0.3, -0.25) is 9.59 Å². The van der Waals surface area contributed by atoms with Crippen LogP contribution in [0.3, 0.4) is 0 Å². The molecule has 2 amide bonds. The van der Waals surface area contributed by atoms with E-state index < -0.39 is 0 Å². The van der Waals surface area contributed by atoms with Crippen LogP contribution < -0.4 is 10.6 Å². The van der Waals surface area contributed by atoms with E-state index in [2.05, 4.69) is 6.92 Å². The maximum absolute atomic E-state index is 12.7. The quantitative estimate of drug-likeness (QED) is 0.917. The molecule has 0 radical (unpaired) electrons. The normalized spacial score (nSPS) is 27.8. The lowest BCUT2D eigenvalue weighted by molar-refractivity contribution is -0.135. The number of hydrogen-bond donors (Lipinski definition) is 1. The third kappa shape index (κ3) is 3.08. The molecule has 0 bridgehead atoms. The third-order valence-electron chi connectivity index (χ3n) is 4.98. The van der Waals surface area contributed by atoms with Crippen molar-refractivity contribution in [3.05, 3.63) is 29.3 Å². The van der Waals surface area contributed by atoms with Crippen molar-refractivity contribution in [3.63, 3.8) is 0 Å². The molecule has 23 heavy (non-hydrogen) atoms. The number of amides is 2. The predicted octanol–water partition coefficient (Wildman–Crippen LogP) is 1.89. The molecule has 2 N–H and O–H groups in total. The smallest absolute Gasteiger partial charge is 0.228 e. The van der Waals surface area contributed by atoms with Gasteiger partial charge < -0.3 is 15.5 Å². The Hall–Kier alpha value is -1.59. The van der Waals surface area contributed by atoms with Gasteiger partial charge in [-0.1, -0.05) is 30.7 Å². The van der Waals surface area contributed by atoms with Crippen molar-refractivity contribution in [1.82, 2.24) is 4.90 Å². The Bertz CT molecular complexity index is 636. The molecule has 124 valence electrons. The molecule has 3 rings (SSSR count). The van der Waals surface area contributed by atoms with Crippen LogP contribution >= 0.6 is 11.6 Å². The van der Waals surface area contributed by atoms with Gasteiger partial charge in [0.1, 0.15) is 0 Å². The van der Waals surface area contributed by atoms with Crippen LogP contribution in [0.2, 0.25) is 5.02 Å². The zero-order chi connectivity index (χ0) is 16.6. The second-order valence-electron chi connectivity index (χ2n) is 6.88. The van der Waals surface area contributed by atoms with E-state index in [9.17, 15) is 9.59 Å². The molecule has 2 saturated heterocycles. The summed E-state index contributed by atoms with van der Waals surface area (Å²) in [5, 5.41) is 0.533. The molecular formula is C17H22ClN3O2. The maximum Gasteiger partial charge on any atom is 0.228 e. The van der Waals surface area contributed by atoms with Gasteiger partial charge >= 0.3 is 0 Å². The van der Waals surface area contributed by atoms with Crippen LogP contribution in [0.4, 0.5) is 5.69 Å². The first-order valence-electron chi connectivity index (χ1n) is 7.97. The third-order valence-corrected chi connectivity index (χ3v) is 5.30. The summed E-state index contributed by atoms with van der Waals surface area (Å²) in [5.74, 6) is -0.277. The number of para-hydroxylation sites is 1. The van der Waals surface area contributed by atoms with E-state index in [0.29, 0.717) is 30.3 Å². The van der Waals surface area contributed by atoms with Gasteiger partial charge in [0.2, 0.25) is 11.8 Å². The highest BCUT2D eigenvalue weighted by molar-refractivity contribution is 6.33. The van der Waals surface area contributed by atoms with E-state index in [-0.39, 0.29) is 29.6 Å². The number of carbonyl (C=O) groups is 2. The molecule has 0 aliphatic carbocycles. The molecule has 1 aromatic rings. The van der Waals surface area contributed by atoms with E-state index in [1.165, 1.54) is 0 Å². The minimum Gasteiger partial charge on any atom is -0.342 e. The van der Waals surface area contributed by atoms with Crippen molar-refractivity contribution in [2.24, 2.45) is 17.1 Å². The summed E-state index contributed by atoms with van der Waals surface area (Å²) >= 11 is 6.18. The van der Waals surface area contributed by atoms with Crippen molar-refractivity contribution in [3.8, 4) is 0 Å². The van der Waals surface area contributed by atoms with Crippen molar-refractivity contribution in [2.75, 3.05) is 31.1 Å². The lowest BCUT2D eigenvalue weighted by Gasteiger charge is -2.24. The summed E-state index contributed by atoms with van der Waals surface area (Å²) in [6, 6.07) is 7.24. The molecule has 0 spiro atoms. The van der Waals surface area contributed by atoms with Crippen LogP contribution in [0, 0.1) is 11.3 Å². The minimum absolute atomic E-state index is 0.000693. The number of benzene rings is 1. The molecule has 0 aromatic heterocycles. The summed E-state index contributed by atoms with van der Waals surface area (Å²) < 4.78 is 0. The van der Waals surface area contributed by atoms with Gasteiger partial charge in [-0.2, -0.15) is 0 Å². The van der Waals surface area contributed by atoms with E-state index >= 15 is 0 Å². The summed E-state index contributed by atoms with van der Waals surface area (Å²) in [7, 11) is 0. The van der Waals surface area contributed by atoms with E-state index in [1.807, 2.05) is 23.1 Å². The van der Waals surface area contributed by atoms with Crippen LogP contribution in [-0.2, 0) is 9.59 Å². The Labute approximate surface area is 141 Å². The highest BCUT2D eigenvalue weighted by Crippen LogP contribution is 2.34. The van der Waals surface area contributed by atoms with E-state index in [4.69, 9.17) is 17.3 Å². The Morgan fingerprint density at radius 2 is 2.17 bits per heavy atom. The number of halogens is 1. The van der Waals surface area contributed by atoms with Crippen LogP contribution in [0.15, 0.2) is 24.3 Å². The number of likely N-dealkylation sites (tertiary alicyclic amines) is 1. The lowest BCUT2D eigenvalue weighted by atomic mass is 9.90. The summed E-state index contributed by atoms with van der Waals surface area (Å²) in [6.45, 7) is 4.49. The number of carbonyl (C=O) groups excluding carboxylic acids is 2. The summed E-state index contributed by atoms with van der Waals surface area (Å²) in [5.41, 5.74) is 6.49. The predicted molar refractivity (Wildman–Crippen MR) is 90.3 cm³/mol. The van der Waals surface area contributed by atoms with Gasteiger partial charge in [-0.05, 0) is 30.5 Å². The molecule has 1 aromatic carbocycles. The highest BCUT2D eigenvalue weighted by Gasteiger charge is 2.41. The average Bonchev–Trinajstić information content (AvgIpc) is 3.12. The van der Waals surface area contributed by atoms with Crippen molar-refractivity contribution in [1.29, 1.82) is 0 Å². The Morgan fingerprint density at radius 1 is 1.43 bits per heavy atom. The SMILES string of the molecule is CC1(CN)CCN(C(=O)C2CC(=O)N(c3ccccc3Cl)C2)C1. The monoisotopic (exact) mass is 335 g/mol. The van der Waals surface area contributed by atoms with E-state index in [1.54, 1.807) is 11.0 Å². The van der Waals surface area contributed by atoms with Gasteiger partial charge in [-0.15, -0.1) is 0 Å². The summed E-state index contributed by atoms with van der Waals surface area (Å²) in [4.78, 5) is 28.5. The van der Waals surface area contributed by atoms with Crippen LogP contribution in [0.25, 0.3) is 0 Å². The number of anilines is 1.